The van der Waals surface area contributed by atoms with E-state index >= 15 is 0 Å². The molecule has 1 aliphatic rings. The molecule has 182 valence electrons. The minimum Gasteiger partial charge on any atom is -0.444 e. The maximum absolute atomic E-state index is 13.6. The Kier molecular flexibility index (Phi) is 5.36. The van der Waals surface area contributed by atoms with Crippen molar-refractivity contribution >= 4 is 17.4 Å². The predicted molar refractivity (Wildman–Crippen MR) is 128 cm³/mol. The van der Waals surface area contributed by atoms with Crippen molar-refractivity contribution in [1.82, 2.24) is 24.4 Å². The molecular formula is C25H27FN6O3. The van der Waals surface area contributed by atoms with E-state index < -0.39 is 17.5 Å². The molecule has 4 aromatic rings. The molecule has 0 fully saturated rings. The first-order valence-corrected chi connectivity index (χ1v) is 11.3. The van der Waals surface area contributed by atoms with Crippen molar-refractivity contribution in [2.24, 2.45) is 0 Å². The number of nitrogens with one attached hydrogen (secondary N) is 1. The van der Waals surface area contributed by atoms with Gasteiger partial charge in [0.2, 0.25) is 0 Å². The van der Waals surface area contributed by atoms with Gasteiger partial charge in [0.15, 0.2) is 0 Å². The summed E-state index contributed by atoms with van der Waals surface area (Å²) >= 11 is 0. The van der Waals surface area contributed by atoms with Crippen LogP contribution in [0.2, 0.25) is 0 Å². The highest BCUT2D eigenvalue weighted by atomic mass is 19.1. The van der Waals surface area contributed by atoms with Crippen LogP contribution in [-0.2, 0) is 22.6 Å². The summed E-state index contributed by atoms with van der Waals surface area (Å²) in [6.07, 6.45) is 2.24. The van der Waals surface area contributed by atoms with Crippen molar-refractivity contribution in [2.45, 2.75) is 59.0 Å². The van der Waals surface area contributed by atoms with Gasteiger partial charge in [-0.3, -0.25) is 15.0 Å². The molecule has 0 saturated heterocycles. The molecule has 0 radical (unpaired) electrons. The normalized spacial score (nSPS) is 15.1. The average molecular weight is 479 g/mol. The Balaban J connectivity index is 1.67. The number of carbonyl (C=O) groups is 1. The first kappa shape index (κ1) is 23.0. The highest BCUT2D eigenvalue weighted by Crippen LogP contribution is 2.39. The molecule has 5 rings (SSSR count). The molecule has 0 saturated carbocycles. The lowest BCUT2D eigenvalue weighted by Gasteiger charge is -2.31. The number of fused-ring (bicyclic) bond motifs is 2. The minimum atomic E-state index is -0.651. The molecular weight excluding hydrogens is 451 g/mol. The summed E-state index contributed by atoms with van der Waals surface area (Å²) in [5, 5.41) is 12.0. The fourth-order valence-electron chi connectivity index (χ4n) is 4.12. The summed E-state index contributed by atoms with van der Waals surface area (Å²) in [4.78, 5) is 16.8. The second-order valence-corrected chi connectivity index (χ2v) is 10.2. The van der Waals surface area contributed by atoms with Crippen molar-refractivity contribution in [3.8, 4) is 22.5 Å². The number of rotatable bonds is 3. The molecule has 0 aromatic carbocycles. The highest BCUT2D eigenvalue weighted by Gasteiger charge is 2.32. The number of anilines is 1. The van der Waals surface area contributed by atoms with Gasteiger partial charge < -0.3 is 9.47 Å². The number of ether oxygens (including phenoxy) is 2. The van der Waals surface area contributed by atoms with E-state index in [4.69, 9.17) is 14.6 Å². The van der Waals surface area contributed by atoms with E-state index in [0.717, 1.165) is 22.3 Å². The Bertz CT molecular complexity index is 1420. The summed E-state index contributed by atoms with van der Waals surface area (Å²) in [6, 6.07) is 8.58. The maximum Gasteiger partial charge on any atom is 0.413 e. The van der Waals surface area contributed by atoms with Crippen LogP contribution in [0, 0.1) is 5.82 Å². The lowest BCUT2D eigenvalue weighted by atomic mass is 10.00. The molecule has 0 bridgehead atoms. The van der Waals surface area contributed by atoms with Crippen LogP contribution in [0.5, 0.6) is 0 Å². The van der Waals surface area contributed by atoms with Gasteiger partial charge in [0, 0.05) is 5.56 Å². The lowest BCUT2D eigenvalue weighted by molar-refractivity contribution is -0.0657. The van der Waals surface area contributed by atoms with Gasteiger partial charge in [-0.15, -0.1) is 0 Å². The molecule has 1 aliphatic heterocycles. The third kappa shape index (κ3) is 4.61. The van der Waals surface area contributed by atoms with Gasteiger partial charge in [-0.1, -0.05) is 0 Å². The summed E-state index contributed by atoms with van der Waals surface area (Å²) in [5.74, 6) is 0.0139. The van der Waals surface area contributed by atoms with Gasteiger partial charge in [0.05, 0.1) is 48.1 Å². The van der Waals surface area contributed by atoms with E-state index in [2.05, 4.69) is 15.4 Å². The van der Waals surface area contributed by atoms with Crippen LogP contribution in [0.3, 0.4) is 0 Å². The number of halogens is 1. The molecule has 1 amide bonds. The summed E-state index contributed by atoms with van der Waals surface area (Å²) in [6.45, 7) is 10.3. The summed E-state index contributed by atoms with van der Waals surface area (Å²) < 4.78 is 28.7. The molecule has 4 aromatic heterocycles. The van der Waals surface area contributed by atoms with Crippen LogP contribution in [0.4, 0.5) is 15.0 Å². The quantitative estimate of drug-likeness (QED) is 0.443. The maximum atomic E-state index is 13.6. The van der Waals surface area contributed by atoms with Crippen molar-refractivity contribution in [2.75, 3.05) is 5.32 Å². The fraction of sp³-hybridized carbons (Fsp3) is 0.360. The predicted octanol–water partition coefficient (Wildman–Crippen LogP) is 5.05. The van der Waals surface area contributed by atoms with Crippen LogP contribution in [-0.4, -0.2) is 41.7 Å². The third-order valence-corrected chi connectivity index (χ3v) is 5.57. The monoisotopic (exact) mass is 478 g/mol. The van der Waals surface area contributed by atoms with E-state index in [1.807, 2.05) is 36.7 Å². The van der Waals surface area contributed by atoms with E-state index in [1.54, 1.807) is 37.5 Å². The zero-order chi connectivity index (χ0) is 25.0. The van der Waals surface area contributed by atoms with Crippen LogP contribution >= 0.6 is 0 Å². The number of hydrogen-bond donors (Lipinski definition) is 1. The highest BCUT2D eigenvalue weighted by molar-refractivity contribution is 5.89. The molecule has 1 N–H and O–H groups in total. The number of carbonyl (C=O) groups excluding carboxylic acids is 1. The third-order valence-electron chi connectivity index (χ3n) is 5.57. The number of amides is 1. The van der Waals surface area contributed by atoms with Gasteiger partial charge in [-0.2, -0.15) is 10.2 Å². The standard InChI is InChI=1S/C25H27FN6O3/c1-24(2,3)35-23(33)29-20-11-15(10-17-8-9-28-32(17)20)21-19-13-34-25(4,5)14-31(19)30-22(21)18-7-6-16(26)12-27-18/h6-12H,13-14H2,1-5H3,(H,29,33). The SMILES string of the molecule is CC(C)(C)OC(=O)Nc1cc(-c2c(-c3ccc(F)cn3)nn3c2COC(C)(C)C3)cc2ccnn12. The van der Waals surface area contributed by atoms with E-state index in [-0.39, 0.29) is 5.60 Å². The Labute approximate surface area is 201 Å². The largest absolute Gasteiger partial charge is 0.444 e. The van der Waals surface area contributed by atoms with Gasteiger partial charge in [0.1, 0.15) is 22.9 Å². The zero-order valence-corrected chi connectivity index (χ0v) is 20.3. The van der Waals surface area contributed by atoms with Crippen LogP contribution in [0.1, 0.15) is 40.3 Å². The molecule has 9 nitrogen and oxygen atoms in total. The number of hydrogen-bond acceptors (Lipinski definition) is 6. The number of nitrogens with zero attached hydrogens (tertiary/aromatic N) is 5. The second kappa shape index (κ2) is 8.16. The number of pyridine rings is 2. The Morgan fingerprint density at radius 2 is 2.03 bits per heavy atom. The average Bonchev–Trinajstić information content (AvgIpc) is 3.36. The Hall–Kier alpha value is -3.79. The van der Waals surface area contributed by atoms with Crippen LogP contribution < -0.4 is 5.32 Å². The molecule has 0 aliphatic carbocycles. The van der Waals surface area contributed by atoms with Crippen molar-refractivity contribution in [3.63, 3.8) is 0 Å². The summed E-state index contributed by atoms with van der Waals surface area (Å²) in [7, 11) is 0. The Morgan fingerprint density at radius 1 is 1.23 bits per heavy atom. The molecule has 0 spiro atoms. The Morgan fingerprint density at radius 3 is 2.74 bits per heavy atom. The zero-order valence-electron chi connectivity index (χ0n) is 20.3. The van der Waals surface area contributed by atoms with Gasteiger partial charge >= 0.3 is 6.09 Å². The fourth-order valence-corrected chi connectivity index (χ4v) is 4.12. The second-order valence-electron chi connectivity index (χ2n) is 10.2. The van der Waals surface area contributed by atoms with Gasteiger partial charge in [-0.05, 0) is 70.5 Å². The van der Waals surface area contributed by atoms with E-state index in [1.165, 1.54) is 12.3 Å². The minimum absolute atomic E-state index is 0.343. The molecule has 0 atom stereocenters. The number of aromatic nitrogens is 5. The topological polar surface area (TPSA) is 95.6 Å². The van der Waals surface area contributed by atoms with Crippen molar-refractivity contribution in [1.29, 1.82) is 0 Å². The van der Waals surface area contributed by atoms with Crippen molar-refractivity contribution in [3.05, 3.63) is 54.2 Å². The summed E-state index contributed by atoms with van der Waals surface area (Å²) in [5.41, 5.74) is 3.33. The smallest absolute Gasteiger partial charge is 0.413 e. The van der Waals surface area contributed by atoms with Gasteiger partial charge in [0.25, 0.3) is 0 Å². The lowest BCUT2D eigenvalue weighted by Crippen LogP contribution is -2.36. The molecule has 10 heteroatoms. The first-order chi connectivity index (χ1) is 16.5. The molecule has 0 unspecified atom stereocenters. The van der Waals surface area contributed by atoms with E-state index in [0.29, 0.717) is 30.4 Å². The van der Waals surface area contributed by atoms with Crippen molar-refractivity contribution < 1.29 is 18.7 Å². The molecule has 35 heavy (non-hydrogen) atoms. The van der Waals surface area contributed by atoms with Crippen LogP contribution in [0.15, 0.2) is 42.7 Å². The van der Waals surface area contributed by atoms with Gasteiger partial charge in [-0.25, -0.2) is 13.7 Å². The van der Waals surface area contributed by atoms with Crippen LogP contribution in [0.25, 0.3) is 28.0 Å². The molecule has 5 heterocycles. The first-order valence-electron chi connectivity index (χ1n) is 11.3. The van der Waals surface area contributed by atoms with E-state index in [9.17, 15) is 9.18 Å².